The fourth-order valence-electron chi connectivity index (χ4n) is 1.26. The highest BCUT2D eigenvalue weighted by Crippen LogP contribution is 2.06. The smallest absolute Gasteiger partial charge is 0.320 e. The second kappa shape index (κ2) is 13.6. The van der Waals surface area contributed by atoms with E-state index in [1.165, 1.54) is 0 Å². The molecule has 0 amide bonds. The first-order valence-electron chi connectivity index (χ1n) is 6.22. The van der Waals surface area contributed by atoms with Crippen molar-refractivity contribution in [2.75, 3.05) is 32.1 Å². The van der Waals surface area contributed by atoms with E-state index < -0.39 is 18.0 Å². The molecule has 2 atom stereocenters. The molecule has 0 spiro atoms. The van der Waals surface area contributed by atoms with Gasteiger partial charge in [0.05, 0.1) is 6.54 Å². The second-order valence-corrected chi connectivity index (χ2v) is 5.04. The number of nitrogens with one attached hydrogen (secondary N) is 2. The lowest BCUT2D eigenvalue weighted by molar-refractivity contribution is -0.140. The Morgan fingerprint density at radius 1 is 1.32 bits per heavy atom. The molecule has 0 aromatic rings. The van der Waals surface area contributed by atoms with Crippen LogP contribution < -0.4 is 10.6 Å². The Morgan fingerprint density at radius 3 is 2.16 bits per heavy atom. The van der Waals surface area contributed by atoms with E-state index in [-0.39, 0.29) is 12.5 Å². The van der Waals surface area contributed by atoms with E-state index >= 15 is 0 Å². The van der Waals surface area contributed by atoms with E-state index in [2.05, 4.69) is 10.6 Å². The molecule has 6 nitrogen and oxygen atoms in total. The molecule has 0 fully saturated rings. The van der Waals surface area contributed by atoms with Crippen LogP contribution in [0.4, 0.5) is 0 Å². The highest BCUT2D eigenvalue weighted by Gasteiger charge is 2.20. The van der Waals surface area contributed by atoms with Gasteiger partial charge in [-0.05, 0) is 19.2 Å². The third-order valence-electron chi connectivity index (χ3n) is 2.55. The van der Waals surface area contributed by atoms with Crippen molar-refractivity contribution in [3.8, 4) is 0 Å². The van der Waals surface area contributed by atoms with Crippen LogP contribution in [-0.2, 0) is 9.59 Å². The maximum atomic E-state index is 10.5. The van der Waals surface area contributed by atoms with Gasteiger partial charge in [-0.2, -0.15) is 11.8 Å². The summed E-state index contributed by atoms with van der Waals surface area (Å²) in [5.74, 6) is -0.400. The van der Waals surface area contributed by atoms with Gasteiger partial charge in [0.25, 0.3) is 0 Å². The van der Waals surface area contributed by atoms with Crippen molar-refractivity contribution >= 4 is 23.7 Å². The molecule has 0 aliphatic heterocycles. The van der Waals surface area contributed by atoms with Gasteiger partial charge in [-0.1, -0.05) is 20.3 Å². The summed E-state index contributed by atoms with van der Waals surface area (Å²) in [6.45, 7) is 4.75. The average Bonchev–Trinajstić information content (AvgIpc) is 2.35. The highest BCUT2D eigenvalue weighted by atomic mass is 32.2. The van der Waals surface area contributed by atoms with Crippen molar-refractivity contribution in [3.63, 3.8) is 0 Å². The number of carboxylic acids is 2. The molecule has 0 aliphatic rings. The minimum atomic E-state index is -0.795. The summed E-state index contributed by atoms with van der Waals surface area (Å²) < 4.78 is 0. The van der Waals surface area contributed by atoms with Crippen molar-refractivity contribution in [1.29, 1.82) is 0 Å². The van der Waals surface area contributed by atoms with Crippen molar-refractivity contribution < 1.29 is 19.8 Å². The average molecular weight is 294 g/mol. The van der Waals surface area contributed by atoms with E-state index in [1.807, 2.05) is 20.1 Å². The number of thioether (sulfide) groups is 1. The topological polar surface area (TPSA) is 98.7 Å². The minimum absolute atomic E-state index is 0.0700. The lowest BCUT2D eigenvalue weighted by Crippen LogP contribution is -2.39. The Hall–Kier alpha value is -0.790. The van der Waals surface area contributed by atoms with Crippen molar-refractivity contribution in [2.24, 2.45) is 5.92 Å². The molecule has 0 saturated carbocycles. The van der Waals surface area contributed by atoms with Crippen LogP contribution in [0, 0.1) is 5.92 Å². The summed E-state index contributed by atoms with van der Waals surface area (Å²) >= 11 is 1.70. The van der Waals surface area contributed by atoms with Crippen molar-refractivity contribution in [2.45, 2.75) is 26.3 Å². The maximum absolute atomic E-state index is 10.5. The summed E-state index contributed by atoms with van der Waals surface area (Å²) in [6, 6.07) is -0.398. The Labute approximate surface area is 119 Å². The zero-order chi connectivity index (χ0) is 15.3. The first-order valence-corrected chi connectivity index (χ1v) is 7.61. The van der Waals surface area contributed by atoms with Gasteiger partial charge in [0.15, 0.2) is 0 Å². The fourth-order valence-corrected chi connectivity index (χ4v) is 1.61. The molecule has 0 aromatic carbocycles. The van der Waals surface area contributed by atoms with Gasteiger partial charge in [-0.3, -0.25) is 9.59 Å². The van der Waals surface area contributed by atoms with Gasteiger partial charge in [0.1, 0.15) is 6.04 Å². The van der Waals surface area contributed by atoms with E-state index in [0.717, 1.165) is 18.7 Å². The standard InChI is InChI=1S/C7H15NO2.C5H11NO2S/c1-4-5(2)6(8-3)7(9)10;1-9-3-2-6-4-5(7)8/h5-6,8H,4H2,1-3H3,(H,9,10);6H,2-4H2,1H3,(H,7,8)/t5-,6-;/m0./s1. The van der Waals surface area contributed by atoms with Crippen LogP contribution in [0.5, 0.6) is 0 Å². The SMILES string of the molecule is CC[C@H](C)[C@H](NC)C(=O)O.CSCCNCC(=O)O. The molecule has 19 heavy (non-hydrogen) atoms. The van der Waals surface area contributed by atoms with Crippen molar-refractivity contribution in [1.82, 2.24) is 10.6 Å². The normalized spacial score (nSPS) is 13.1. The number of hydrogen-bond acceptors (Lipinski definition) is 5. The first-order chi connectivity index (χ1) is 8.90. The summed E-state index contributed by atoms with van der Waals surface area (Å²) in [6.07, 6.45) is 2.88. The van der Waals surface area contributed by atoms with Crippen LogP contribution in [-0.4, -0.2) is 60.3 Å². The van der Waals surface area contributed by atoms with Crippen LogP contribution in [0.3, 0.4) is 0 Å². The lowest BCUT2D eigenvalue weighted by Gasteiger charge is -2.16. The predicted octanol–water partition coefficient (Wildman–Crippen LogP) is 0.729. The first kappa shape index (κ1) is 20.5. The third-order valence-corrected chi connectivity index (χ3v) is 3.16. The quantitative estimate of drug-likeness (QED) is 0.465. The molecule has 0 aliphatic carbocycles. The Kier molecular flexibility index (Phi) is 14.7. The molecule has 114 valence electrons. The molecule has 0 aromatic heterocycles. The molecule has 0 saturated heterocycles. The molecular formula is C12H26N2O4S. The van der Waals surface area contributed by atoms with Gasteiger partial charge in [-0.25, -0.2) is 0 Å². The van der Waals surface area contributed by atoms with Crippen LogP contribution in [0.15, 0.2) is 0 Å². The van der Waals surface area contributed by atoms with Gasteiger partial charge in [0.2, 0.25) is 0 Å². The summed E-state index contributed by atoms with van der Waals surface area (Å²) in [5, 5.41) is 22.3. The molecule has 0 unspecified atom stereocenters. The molecule has 7 heteroatoms. The third kappa shape index (κ3) is 13.4. The summed E-state index contributed by atoms with van der Waals surface area (Å²) in [4.78, 5) is 20.4. The van der Waals surface area contributed by atoms with Crippen molar-refractivity contribution in [3.05, 3.63) is 0 Å². The number of hydrogen-bond donors (Lipinski definition) is 4. The summed E-state index contributed by atoms with van der Waals surface area (Å²) in [5.41, 5.74) is 0. The van der Waals surface area contributed by atoms with E-state index in [9.17, 15) is 9.59 Å². The fraction of sp³-hybridized carbons (Fsp3) is 0.833. The van der Waals surface area contributed by atoms with Gasteiger partial charge in [0, 0.05) is 12.3 Å². The second-order valence-electron chi connectivity index (χ2n) is 4.05. The van der Waals surface area contributed by atoms with Crippen LogP contribution in [0.2, 0.25) is 0 Å². The predicted molar refractivity (Wildman–Crippen MR) is 78.8 cm³/mol. The number of aliphatic carboxylic acids is 2. The molecular weight excluding hydrogens is 268 g/mol. The molecule has 4 N–H and O–H groups in total. The molecule has 0 heterocycles. The largest absolute Gasteiger partial charge is 0.480 e. The zero-order valence-corrected chi connectivity index (χ0v) is 12.9. The number of carbonyl (C=O) groups is 2. The molecule has 0 rings (SSSR count). The van der Waals surface area contributed by atoms with Crippen LogP contribution in [0.25, 0.3) is 0 Å². The van der Waals surface area contributed by atoms with E-state index in [1.54, 1.807) is 18.8 Å². The monoisotopic (exact) mass is 294 g/mol. The Balaban J connectivity index is 0. The molecule has 0 bridgehead atoms. The van der Waals surface area contributed by atoms with Crippen LogP contribution >= 0.6 is 11.8 Å². The molecule has 0 radical (unpaired) electrons. The van der Waals surface area contributed by atoms with E-state index in [4.69, 9.17) is 10.2 Å². The number of rotatable bonds is 9. The lowest BCUT2D eigenvalue weighted by atomic mass is 10.00. The highest BCUT2D eigenvalue weighted by molar-refractivity contribution is 7.98. The van der Waals surface area contributed by atoms with E-state index in [0.29, 0.717) is 0 Å². The van der Waals surface area contributed by atoms with Crippen LogP contribution in [0.1, 0.15) is 20.3 Å². The van der Waals surface area contributed by atoms with Gasteiger partial charge in [-0.15, -0.1) is 0 Å². The maximum Gasteiger partial charge on any atom is 0.320 e. The Bertz CT molecular complexity index is 252. The summed E-state index contributed by atoms with van der Waals surface area (Å²) in [7, 11) is 1.67. The van der Waals surface area contributed by atoms with Gasteiger partial charge >= 0.3 is 11.9 Å². The number of likely N-dealkylation sites (N-methyl/N-ethyl adjacent to an activating group) is 1. The number of carboxylic acid groups (broad SMARTS) is 2. The minimum Gasteiger partial charge on any atom is -0.480 e. The van der Waals surface area contributed by atoms with Gasteiger partial charge < -0.3 is 20.8 Å². The zero-order valence-electron chi connectivity index (χ0n) is 12.1. The Morgan fingerprint density at radius 2 is 1.89 bits per heavy atom.